The smallest absolute Gasteiger partial charge is 0.261 e. The number of anilines is 1. The zero-order valence-electron chi connectivity index (χ0n) is 7.35. The van der Waals surface area contributed by atoms with Crippen molar-refractivity contribution >= 4 is 11.7 Å². The van der Waals surface area contributed by atoms with Crippen molar-refractivity contribution in [1.82, 2.24) is 10.3 Å². The second-order valence-electron chi connectivity index (χ2n) is 2.69. The summed E-state index contributed by atoms with van der Waals surface area (Å²) in [7, 11) is 0. The van der Waals surface area contributed by atoms with Crippen LogP contribution in [0.3, 0.4) is 0 Å². The molecule has 0 aliphatic heterocycles. The summed E-state index contributed by atoms with van der Waals surface area (Å²) in [6.07, 6.45) is 2.57. The van der Waals surface area contributed by atoms with Gasteiger partial charge in [-0.25, -0.2) is 0 Å². The van der Waals surface area contributed by atoms with Gasteiger partial charge in [0.25, 0.3) is 5.91 Å². The Morgan fingerprint density at radius 3 is 3.00 bits per heavy atom. The third-order valence-electron chi connectivity index (χ3n) is 1.56. The van der Waals surface area contributed by atoms with E-state index in [4.69, 9.17) is 4.52 Å². The van der Waals surface area contributed by atoms with Crippen molar-refractivity contribution < 1.29 is 13.8 Å². The monoisotopic (exact) mass is 193 g/mol. The number of hydrogen-bond acceptors (Lipinski definition) is 5. The minimum Gasteiger partial charge on any atom is -0.364 e. The van der Waals surface area contributed by atoms with Gasteiger partial charge in [0.05, 0.1) is 11.8 Å². The Labute approximate surface area is 78.9 Å². The molecule has 6 nitrogen and oxygen atoms in total. The Balaban J connectivity index is 2.09. The molecule has 0 atom stereocenters. The fraction of sp³-hybridized carbons (Fsp3) is 0.125. The van der Waals surface area contributed by atoms with Gasteiger partial charge in [0.2, 0.25) is 0 Å². The van der Waals surface area contributed by atoms with Gasteiger partial charge in [0.15, 0.2) is 5.82 Å². The van der Waals surface area contributed by atoms with Crippen LogP contribution in [-0.4, -0.2) is 16.2 Å². The predicted molar refractivity (Wildman–Crippen MR) is 45.7 cm³/mol. The Morgan fingerprint density at radius 1 is 1.57 bits per heavy atom. The maximum absolute atomic E-state index is 11.4. The molecule has 6 heteroatoms. The summed E-state index contributed by atoms with van der Waals surface area (Å²) in [6.45, 7) is 1.74. The lowest BCUT2D eigenvalue weighted by Crippen LogP contribution is -2.10. The number of aryl methyl sites for hydroxylation is 1. The molecule has 0 saturated heterocycles. The third-order valence-corrected chi connectivity index (χ3v) is 1.56. The van der Waals surface area contributed by atoms with Gasteiger partial charge in [-0.2, -0.15) is 0 Å². The van der Waals surface area contributed by atoms with Crippen LogP contribution in [0.25, 0.3) is 0 Å². The molecular formula is C8H7N3O3. The Hall–Kier alpha value is -2.11. The van der Waals surface area contributed by atoms with Crippen molar-refractivity contribution in [2.45, 2.75) is 6.92 Å². The summed E-state index contributed by atoms with van der Waals surface area (Å²) in [6, 6.07) is 1.62. The lowest BCUT2D eigenvalue weighted by molar-refractivity contribution is 0.102. The molecule has 1 N–H and O–H groups in total. The largest absolute Gasteiger partial charge is 0.364 e. The molecule has 0 saturated carbocycles. The van der Waals surface area contributed by atoms with Gasteiger partial charge in [-0.15, -0.1) is 0 Å². The van der Waals surface area contributed by atoms with E-state index < -0.39 is 0 Å². The highest BCUT2D eigenvalue weighted by Crippen LogP contribution is 2.08. The number of amides is 1. The zero-order valence-corrected chi connectivity index (χ0v) is 7.35. The van der Waals surface area contributed by atoms with E-state index in [1.54, 1.807) is 13.0 Å². The third kappa shape index (κ3) is 1.63. The van der Waals surface area contributed by atoms with Crippen molar-refractivity contribution in [2.24, 2.45) is 0 Å². The zero-order chi connectivity index (χ0) is 9.97. The fourth-order valence-corrected chi connectivity index (χ4v) is 0.931. The van der Waals surface area contributed by atoms with E-state index in [1.807, 2.05) is 0 Å². The number of nitrogens with one attached hydrogen (secondary N) is 1. The molecule has 0 unspecified atom stereocenters. The Morgan fingerprint density at radius 2 is 2.43 bits per heavy atom. The molecule has 0 aliphatic rings. The van der Waals surface area contributed by atoms with Gasteiger partial charge < -0.3 is 14.4 Å². The maximum Gasteiger partial charge on any atom is 0.261 e. The van der Waals surface area contributed by atoms with Gasteiger partial charge in [0.1, 0.15) is 12.0 Å². The topological polar surface area (TPSA) is 81.2 Å². The maximum atomic E-state index is 11.4. The number of nitrogens with zero attached hydrogens (tertiary/aromatic N) is 2. The minimum absolute atomic E-state index is 0.334. The van der Waals surface area contributed by atoms with Gasteiger partial charge >= 0.3 is 0 Å². The second kappa shape index (κ2) is 3.33. The highest BCUT2D eigenvalue weighted by Gasteiger charge is 2.10. The number of carbonyl (C=O) groups excluding carboxylic acids is 1. The molecule has 1 amide bonds. The first-order valence-corrected chi connectivity index (χ1v) is 3.90. The van der Waals surface area contributed by atoms with Crippen molar-refractivity contribution in [1.29, 1.82) is 0 Å². The van der Waals surface area contributed by atoms with Crippen LogP contribution in [0.5, 0.6) is 0 Å². The van der Waals surface area contributed by atoms with Crippen molar-refractivity contribution in [3.8, 4) is 0 Å². The summed E-state index contributed by atoms with van der Waals surface area (Å²) in [5, 5.41) is 9.54. The number of rotatable bonds is 2. The van der Waals surface area contributed by atoms with Gasteiger partial charge in [-0.05, 0) is 6.92 Å². The summed E-state index contributed by atoms with van der Waals surface area (Å²) in [4.78, 5) is 11.4. The average molecular weight is 193 g/mol. The molecule has 0 spiro atoms. The predicted octanol–water partition coefficient (Wildman–Crippen LogP) is 1.22. The highest BCUT2D eigenvalue weighted by molar-refractivity contribution is 6.03. The quantitative estimate of drug-likeness (QED) is 0.775. The number of carbonyl (C=O) groups is 1. The Bertz CT molecular complexity index is 432. The van der Waals surface area contributed by atoms with Gasteiger partial charge in [0, 0.05) is 6.07 Å². The SMILES string of the molecule is Cc1cc(NC(=O)c2cnoc2)no1. The summed E-state index contributed by atoms with van der Waals surface area (Å²) < 4.78 is 9.30. The molecule has 2 aromatic heterocycles. The molecule has 14 heavy (non-hydrogen) atoms. The summed E-state index contributed by atoms with van der Waals surface area (Å²) in [5.41, 5.74) is 0.339. The Kier molecular flexibility index (Phi) is 2.02. The molecule has 0 bridgehead atoms. The first kappa shape index (κ1) is 8.49. The van der Waals surface area contributed by atoms with Crippen LogP contribution in [0.1, 0.15) is 16.1 Å². The van der Waals surface area contributed by atoms with Crippen molar-refractivity contribution in [3.63, 3.8) is 0 Å². The first-order valence-electron chi connectivity index (χ1n) is 3.90. The van der Waals surface area contributed by atoms with Crippen LogP contribution >= 0.6 is 0 Å². The van der Waals surface area contributed by atoms with Crippen LogP contribution in [0.15, 0.2) is 27.6 Å². The standard InChI is InChI=1S/C8H7N3O3/c1-5-2-7(11-14-5)10-8(12)6-3-9-13-4-6/h2-4H,1H3,(H,10,11,12). The molecule has 2 aromatic rings. The number of aromatic nitrogens is 2. The van der Waals surface area contributed by atoms with E-state index in [2.05, 4.69) is 20.2 Å². The van der Waals surface area contributed by atoms with Crippen LogP contribution in [0, 0.1) is 6.92 Å². The normalized spacial score (nSPS) is 10.1. The average Bonchev–Trinajstić information content (AvgIpc) is 2.75. The molecule has 0 aliphatic carbocycles. The van der Waals surface area contributed by atoms with Gasteiger partial charge in [-0.1, -0.05) is 10.3 Å². The van der Waals surface area contributed by atoms with Gasteiger partial charge in [-0.3, -0.25) is 4.79 Å². The molecular weight excluding hydrogens is 186 g/mol. The molecule has 0 aromatic carbocycles. The lowest BCUT2D eigenvalue weighted by atomic mass is 10.3. The molecule has 2 heterocycles. The van der Waals surface area contributed by atoms with E-state index >= 15 is 0 Å². The van der Waals surface area contributed by atoms with E-state index in [9.17, 15) is 4.79 Å². The second-order valence-corrected chi connectivity index (χ2v) is 2.69. The fourth-order valence-electron chi connectivity index (χ4n) is 0.931. The van der Waals surface area contributed by atoms with Crippen molar-refractivity contribution in [3.05, 3.63) is 29.9 Å². The van der Waals surface area contributed by atoms with Crippen LogP contribution in [0.4, 0.5) is 5.82 Å². The summed E-state index contributed by atoms with van der Waals surface area (Å²) >= 11 is 0. The van der Waals surface area contributed by atoms with E-state index in [1.165, 1.54) is 12.5 Å². The van der Waals surface area contributed by atoms with E-state index in [0.717, 1.165) is 0 Å². The highest BCUT2D eigenvalue weighted by atomic mass is 16.5. The molecule has 2 rings (SSSR count). The van der Waals surface area contributed by atoms with Crippen LogP contribution in [0.2, 0.25) is 0 Å². The van der Waals surface area contributed by atoms with Crippen molar-refractivity contribution in [2.75, 3.05) is 5.32 Å². The van der Waals surface area contributed by atoms with Crippen LogP contribution in [-0.2, 0) is 0 Å². The minimum atomic E-state index is -0.334. The molecule has 72 valence electrons. The lowest BCUT2D eigenvalue weighted by Gasteiger charge is -1.94. The van der Waals surface area contributed by atoms with E-state index in [0.29, 0.717) is 17.1 Å². The van der Waals surface area contributed by atoms with E-state index in [-0.39, 0.29) is 5.91 Å². The first-order chi connectivity index (χ1) is 6.75. The summed E-state index contributed by atoms with van der Waals surface area (Å²) in [5.74, 6) is 0.666. The molecule has 0 radical (unpaired) electrons. The number of hydrogen-bond donors (Lipinski definition) is 1. The van der Waals surface area contributed by atoms with Crippen LogP contribution < -0.4 is 5.32 Å². The molecule has 0 fully saturated rings.